The van der Waals surface area contributed by atoms with Crippen LogP contribution < -0.4 is 0 Å². The highest BCUT2D eigenvalue weighted by atomic mass is 19.1. The summed E-state index contributed by atoms with van der Waals surface area (Å²) >= 11 is 0. The Labute approximate surface area is 122 Å². The maximum atomic E-state index is 13.5. The zero-order valence-corrected chi connectivity index (χ0v) is 13.2. The van der Waals surface area contributed by atoms with Crippen molar-refractivity contribution < 1.29 is 9.50 Å². The van der Waals surface area contributed by atoms with E-state index in [1.54, 1.807) is 13.0 Å². The summed E-state index contributed by atoms with van der Waals surface area (Å²) < 4.78 is 13.5. The van der Waals surface area contributed by atoms with Gasteiger partial charge < -0.3 is 10.0 Å². The summed E-state index contributed by atoms with van der Waals surface area (Å²) in [5.74, 6) is 0.428. The highest BCUT2D eigenvalue weighted by molar-refractivity contribution is 5.24. The highest BCUT2D eigenvalue weighted by Gasteiger charge is 2.13. The molecule has 3 heteroatoms. The topological polar surface area (TPSA) is 23.5 Å². The number of nitrogens with zero attached hydrogens (tertiary/aromatic N) is 1. The second-order valence-electron chi connectivity index (χ2n) is 5.72. The highest BCUT2D eigenvalue weighted by Crippen LogP contribution is 2.20. The molecular formula is C17H28FNO. The van der Waals surface area contributed by atoms with Gasteiger partial charge in [0.15, 0.2) is 0 Å². The molecule has 20 heavy (non-hydrogen) atoms. The summed E-state index contributed by atoms with van der Waals surface area (Å²) in [5.41, 5.74) is 1.29. The van der Waals surface area contributed by atoms with Gasteiger partial charge in [0.1, 0.15) is 5.82 Å². The zero-order valence-electron chi connectivity index (χ0n) is 13.2. The average molecular weight is 281 g/mol. The van der Waals surface area contributed by atoms with Crippen molar-refractivity contribution >= 4 is 0 Å². The van der Waals surface area contributed by atoms with Crippen LogP contribution in [0.1, 0.15) is 50.8 Å². The number of rotatable bonds is 8. The number of aliphatic hydroxyl groups excluding tert-OH is 1. The quantitative estimate of drug-likeness (QED) is 0.780. The van der Waals surface area contributed by atoms with Crippen LogP contribution in [-0.2, 0) is 0 Å². The minimum Gasteiger partial charge on any atom is -0.388 e. The van der Waals surface area contributed by atoms with Crippen LogP contribution in [0.15, 0.2) is 18.2 Å². The van der Waals surface area contributed by atoms with E-state index >= 15 is 0 Å². The molecule has 2 unspecified atom stereocenters. The summed E-state index contributed by atoms with van der Waals surface area (Å²) in [6.07, 6.45) is 1.23. The second kappa shape index (κ2) is 8.38. The lowest BCUT2D eigenvalue weighted by atomic mass is 10.0. The predicted octanol–water partition coefficient (Wildman–Crippen LogP) is 3.93. The first-order valence-corrected chi connectivity index (χ1v) is 7.64. The number of aryl methyl sites for hydroxylation is 1. The molecule has 0 radical (unpaired) electrons. The molecule has 0 aliphatic rings. The van der Waals surface area contributed by atoms with Crippen molar-refractivity contribution in [1.82, 2.24) is 4.90 Å². The van der Waals surface area contributed by atoms with Crippen molar-refractivity contribution in [3.05, 3.63) is 35.1 Å². The van der Waals surface area contributed by atoms with Crippen molar-refractivity contribution in [2.75, 3.05) is 19.6 Å². The van der Waals surface area contributed by atoms with Gasteiger partial charge in [-0.2, -0.15) is 0 Å². The van der Waals surface area contributed by atoms with Gasteiger partial charge in [-0.3, -0.25) is 0 Å². The third-order valence-electron chi connectivity index (χ3n) is 4.01. The average Bonchev–Trinajstić information content (AvgIpc) is 2.45. The molecule has 1 aromatic rings. The maximum absolute atomic E-state index is 13.5. The van der Waals surface area contributed by atoms with Gasteiger partial charge in [0, 0.05) is 13.1 Å². The van der Waals surface area contributed by atoms with Crippen LogP contribution in [-0.4, -0.2) is 29.6 Å². The summed E-state index contributed by atoms with van der Waals surface area (Å²) in [6.45, 7) is 11.2. The fourth-order valence-electron chi connectivity index (χ4n) is 2.24. The summed E-state index contributed by atoms with van der Waals surface area (Å²) in [5, 5.41) is 10.2. The zero-order chi connectivity index (χ0) is 15.1. The second-order valence-corrected chi connectivity index (χ2v) is 5.72. The lowest BCUT2D eigenvalue weighted by Crippen LogP contribution is -2.30. The third kappa shape index (κ3) is 5.22. The fraction of sp³-hybridized carbons (Fsp3) is 0.647. The van der Waals surface area contributed by atoms with Crippen LogP contribution in [0.25, 0.3) is 0 Å². The maximum Gasteiger partial charge on any atom is 0.126 e. The molecule has 0 spiro atoms. The van der Waals surface area contributed by atoms with Gasteiger partial charge >= 0.3 is 0 Å². The van der Waals surface area contributed by atoms with Gasteiger partial charge in [-0.15, -0.1) is 0 Å². The largest absolute Gasteiger partial charge is 0.388 e. The molecule has 0 fully saturated rings. The van der Waals surface area contributed by atoms with Crippen molar-refractivity contribution in [1.29, 1.82) is 0 Å². The van der Waals surface area contributed by atoms with Gasteiger partial charge in [0.25, 0.3) is 0 Å². The van der Waals surface area contributed by atoms with E-state index in [1.807, 2.05) is 6.07 Å². The number of halogens is 1. The monoisotopic (exact) mass is 281 g/mol. The van der Waals surface area contributed by atoms with Crippen LogP contribution in [0, 0.1) is 18.7 Å². The molecule has 0 aromatic heterocycles. The Morgan fingerprint density at radius 2 is 2.00 bits per heavy atom. The number of aliphatic hydroxyl groups is 1. The van der Waals surface area contributed by atoms with Gasteiger partial charge in [-0.05, 0) is 43.0 Å². The summed E-state index contributed by atoms with van der Waals surface area (Å²) in [4.78, 5) is 2.35. The SMILES string of the molecule is CCC(C)CN(CC)CCC(O)c1ccc(C)c(F)c1. The molecule has 0 saturated carbocycles. The lowest BCUT2D eigenvalue weighted by Gasteiger charge is -2.25. The Morgan fingerprint density at radius 1 is 1.30 bits per heavy atom. The number of hydrogen-bond acceptors (Lipinski definition) is 2. The standard InChI is InChI=1S/C17H28FNO/c1-5-13(3)12-19(6-2)10-9-17(20)15-8-7-14(4)16(18)11-15/h7-8,11,13,17,20H,5-6,9-10,12H2,1-4H3. The summed E-state index contributed by atoms with van der Waals surface area (Å²) in [7, 11) is 0. The smallest absolute Gasteiger partial charge is 0.126 e. The Balaban J connectivity index is 2.52. The number of benzene rings is 1. The molecule has 0 heterocycles. The molecule has 1 rings (SSSR count). The van der Waals surface area contributed by atoms with E-state index in [-0.39, 0.29) is 5.82 Å². The Morgan fingerprint density at radius 3 is 2.55 bits per heavy atom. The van der Waals surface area contributed by atoms with Crippen molar-refractivity contribution in [2.45, 2.75) is 46.6 Å². The Kier molecular flexibility index (Phi) is 7.17. The molecule has 114 valence electrons. The minimum absolute atomic E-state index is 0.242. The first-order chi connectivity index (χ1) is 9.47. The molecular weight excluding hydrogens is 253 g/mol. The molecule has 2 atom stereocenters. The molecule has 1 N–H and O–H groups in total. The van der Waals surface area contributed by atoms with Crippen molar-refractivity contribution in [3.8, 4) is 0 Å². The van der Waals surface area contributed by atoms with Gasteiger partial charge in [0.05, 0.1) is 6.10 Å². The van der Waals surface area contributed by atoms with Crippen LogP contribution in [0.4, 0.5) is 4.39 Å². The van der Waals surface area contributed by atoms with Crippen LogP contribution in [0.5, 0.6) is 0 Å². The molecule has 0 saturated heterocycles. The molecule has 0 aliphatic heterocycles. The van der Waals surface area contributed by atoms with E-state index in [9.17, 15) is 9.50 Å². The number of hydrogen-bond donors (Lipinski definition) is 1. The predicted molar refractivity (Wildman–Crippen MR) is 82.3 cm³/mol. The van der Waals surface area contributed by atoms with E-state index in [0.29, 0.717) is 23.5 Å². The molecule has 1 aromatic carbocycles. The van der Waals surface area contributed by atoms with Crippen LogP contribution in [0.2, 0.25) is 0 Å². The third-order valence-corrected chi connectivity index (χ3v) is 4.01. The van der Waals surface area contributed by atoms with Crippen molar-refractivity contribution in [3.63, 3.8) is 0 Å². The van der Waals surface area contributed by atoms with E-state index in [2.05, 4.69) is 25.7 Å². The lowest BCUT2D eigenvalue weighted by molar-refractivity contribution is 0.137. The minimum atomic E-state index is -0.587. The van der Waals surface area contributed by atoms with Gasteiger partial charge in [0.2, 0.25) is 0 Å². The van der Waals surface area contributed by atoms with E-state index in [1.165, 1.54) is 12.5 Å². The molecule has 0 bridgehead atoms. The molecule has 2 nitrogen and oxygen atoms in total. The molecule has 0 aliphatic carbocycles. The van der Waals surface area contributed by atoms with Crippen LogP contribution in [0.3, 0.4) is 0 Å². The van der Waals surface area contributed by atoms with E-state index in [4.69, 9.17) is 0 Å². The van der Waals surface area contributed by atoms with Crippen molar-refractivity contribution in [2.24, 2.45) is 5.92 Å². The van der Waals surface area contributed by atoms with Gasteiger partial charge in [-0.25, -0.2) is 4.39 Å². The first kappa shape index (κ1) is 17.1. The van der Waals surface area contributed by atoms with Gasteiger partial charge in [-0.1, -0.05) is 39.3 Å². The normalized spacial score (nSPS) is 14.6. The van der Waals surface area contributed by atoms with E-state index in [0.717, 1.165) is 19.6 Å². The summed E-state index contributed by atoms with van der Waals surface area (Å²) in [6, 6.07) is 4.99. The Bertz CT molecular complexity index is 408. The van der Waals surface area contributed by atoms with Crippen LogP contribution >= 0.6 is 0 Å². The Hall–Kier alpha value is -0.930. The molecule has 0 amide bonds. The van der Waals surface area contributed by atoms with E-state index < -0.39 is 6.10 Å². The fourth-order valence-corrected chi connectivity index (χ4v) is 2.24. The first-order valence-electron chi connectivity index (χ1n) is 7.64.